The average molecular weight is 355 g/mol. The molecular formula is C20H13N5O2. The second kappa shape index (κ2) is 6.01. The molecule has 7 heteroatoms. The zero-order chi connectivity index (χ0) is 19.1. The zero-order valence-corrected chi connectivity index (χ0v) is 14.6. The van der Waals surface area contributed by atoms with Crippen molar-refractivity contribution in [3.8, 4) is 34.8 Å². The van der Waals surface area contributed by atoms with E-state index >= 15 is 0 Å². The third kappa shape index (κ3) is 2.50. The average Bonchev–Trinajstić information content (AvgIpc) is 3.29. The number of aromatic amines is 1. The molecule has 0 aliphatic carbocycles. The Morgan fingerprint density at radius 2 is 1.74 bits per heavy atom. The number of pyridine rings is 1. The third-order valence-corrected chi connectivity index (χ3v) is 4.32. The summed E-state index contributed by atoms with van der Waals surface area (Å²) < 4.78 is 6.71. The van der Waals surface area contributed by atoms with Crippen LogP contribution in [0.3, 0.4) is 0 Å². The van der Waals surface area contributed by atoms with Crippen LogP contribution in [0.4, 0.5) is 0 Å². The summed E-state index contributed by atoms with van der Waals surface area (Å²) in [6.45, 7) is 3.72. The summed E-state index contributed by atoms with van der Waals surface area (Å²) in [5.74, 6) is 1.33. The fourth-order valence-corrected chi connectivity index (χ4v) is 2.98. The molecule has 3 heterocycles. The highest BCUT2D eigenvalue weighted by molar-refractivity contribution is 5.80. The number of benzene rings is 1. The smallest absolute Gasteiger partial charge is 0.289 e. The van der Waals surface area contributed by atoms with E-state index in [2.05, 4.69) is 16.2 Å². The van der Waals surface area contributed by atoms with Crippen molar-refractivity contribution < 1.29 is 4.42 Å². The number of nitrogens with zero attached hydrogens (tertiary/aromatic N) is 4. The Bertz CT molecular complexity index is 1320. The molecule has 0 fully saturated rings. The summed E-state index contributed by atoms with van der Waals surface area (Å²) in [5, 5.41) is 22.2. The highest BCUT2D eigenvalue weighted by Crippen LogP contribution is 2.30. The predicted molar refractivity (Wildman–Crippen MR) is 97.9 cm³/mol. The van der Waals surface area contributed by atoms with Gasteiger partial charge in [-0.05, 0) is 26.0 Å². The number of nitrogens with one attached hydrogen (secondary N) is 1. The Kier molecular flexibility index (Phi) is 3.64. The van der Waals surface area contributed by atoms with Gasteiger partial charge in [0.25, 0.3) is 5.56 Å². The Morgan fingerprint density at radius 3 is 2.33 bits per heavy atom. The van der Waals surface area contributed by atoms with Crippen LogP contribution >= 0.6 is 0 Å². The van der Waals surface area contributed by atoms with Gasteiger partial charge in [-0.2, -0.15) is 15.0 Å². The maximum atomic E-state index is 12.8. The summed E-state index contributed by atoms with van der Waals surface area (Å²) in [7, 11) is 0. The Balaban J connectivity index is 2.08. The molecule has 0 aliphatic heterocycles. The van der Waals surface area contributed by atoms with Crippen molar-refractivity contribution in [1.29, 1.82) is 10.5 Å². The Hall–Kier alpha value is -4.10. The van der Waals surface area contributed by atoms with Crippen LogP contribution in [0.1, 0.15) is 22.5 Å². The van der Waals surface area contributed by atoms with Gasteiger partial charge in [-0.3, -0.25) is 9.89 Å². The molecule has 0 saturated heterocycles. The molecule has 1 N–H and O–H groups in total. The van der Waals surface area contributed by atoms with E-state index in [0.717, 1.165) is 15.6 Å². The SMILES string of the molecule is Cc1ccc(-c2nc3c(C#N)c(-c4ccc(C)o4)c(C#N)c(=O)n3[nH]2)cc1. The van der Waals surface area contributed by atoms with E-state index in [-0.39, 0.29) is 22.3 Å². The molecule has 4 rings (SSSR count). The molecule has 7 nitrogen and oxygen atoms in total. The Labute approximate surface area is 153 Å². The molecule has 4 aromatic rings. The van der Waals surface area contributed by atoms with E-state index in [1.54, 1.807) is 19.1 Å². The van der Waals surface area contributed by atoms with E-state index < -0.39 is 5.56 Å². The number of nitriles is 2. The molecule has 0 spiro atoms. The van der Waals surface area contributed by atoms with Crippen LogP contribution in [0.25, 0.3) is 28.4 Å². The van der Waals surface area contributed by atoms with Crippen molar-refractivity contribution in [2.75, 3.05) is 0 Å². The van der Waals surface area contributed by atoms with Crippen molar-refractivity contribution in [2.45, 2.75) is 13.8 Å². The standard InChI is InChI=1S/C20H13N5O2/c1-11-3-6-13(7-4-11)18-23-19-14(9-21)17(16-8-5-12(2)27-16)15(10-22)20(26)25(19)24-18/h3-8H,1-2H3,(H,23,24). The predicted octanol–water partition coefficient (Wildman–Crippen LogP) is 3.31. The fraction of sp³-hybridized carbons (Fsp3) is 0.100. The number of aryl methyl sites for hydroxylation is 2. The van der Waals surface area contributed by atoms with Crippen molar-refractivity contribution in [3.63, 3.8) is 0 Å². The van der Waals surface area contributed by atoms with Crippen LogP contribution in [-0.4, -0.2) is 14.6 Å². The first-order valence-corrected chi connectivity index (χ1v) is 8.16. The van der Waals surface area contributed by atoms with Crippen LogP contribution in [0.2, 0.25) is 0 Å². The van der Waals surface area contributed by atoms with E-state index in [1.165, 1.54) is 0 Å². The Morgan fingerprint density at radius 1 is 1.04 bits per heavy atom. The molecule has 0 saturated carbocycles. The van der Waals surface area contributed by atoms with Crippen molar-refractivity contribution in [1.82, 2.24) is 14.6 Å². The number of H-pyrrole nitrogens is 1. The second-order valence-corrected chi connectivity index (χ2v) is 6.16. The number of hydrogen-bond acceptors (Lipinski definition) is 5. The minimum Gasteiger partial charge on any atom is -0.461 e. The lowest BCUT2D eigenvalue weighted by Crippen LogP contribution is -2.20. The third-order valence-electron chi connectivity index (χ3n) is 4.32. The molecule has 0 atom stereocenters. The summed E-state index contributed by atoms with van der Waals surface area (Å²) >= 11 is 0. The highest BCUT2D eigenvalue weighted by Gasteiger charge is 2.24. The first-order valence-electron chi connectivity index (χ1n) is 8.16. The zero-order valence-electron chi connectivity index (χ0n) is 14.6. The summed E-state index contributed by atoms with van der Waals surface area (Å²) in [5.41, 5.74) is 1.53. The lowest BCUT2D eigenvalue weighted by atomic mass is 10.0. The van der Waals surface area contributed by atoms with E-state index in [0.29, 0.717) is 17.3 Å². The van der Waals surface area contributed by atoms with Crippen molar-refractivity contribution in [3.05, 3.63) is 69.2 Å². The molecule has 1 aromatic carbocycles. The van der Waals surface area contributed by atoms with Crippen molar-refractivity contribution in [2.24, 2.45) is 0 Å². The van der Waals surface area contributed by atoms with Crippen LogP contribution in [-0.2, 0) is 0 Å². The number of aromatic nitrogens is 3. The normalized spacial score (nSPS) is 10.7. The van der Waals surface area contributed by atoms with Crippen LogP contribution in [0.15, 0.2) is 45.6 Å². The number of fused-ring (bicyclic) bond motifs is 1. The summed E-state index contributed by atoms with van der Waals surface area (Å²) in [6, 6.07) is 14.9. The number of hydrogen-bond donors (Lipinski definition) is 1. The van der Waals surface area contributed by atoms with Gasteiger partial charge in [-0.1, -0.05) is 29.8 Å². The van der Waals surface area contributed by atoms with Crippen LogP contribution in [0, 0.1) is 36.5 Å². The molecule has 0 unspecified atom stereocenters. The van der Waals surface area contributed by atoms with Gasteiger partial charge in [0, 0.05) is 5.56 Å². The van der Waals surface area contributed by atoms with E-state index in [9.17, 15) is 15.3 Å². The molecule has 0 aliphatic rings. The fourth-order valence-electron chi connectivity index (χ4n) is 2.98. The first-order chi connectivity index (χ1) is 13.0. The van der Waals surface area contributed by atoms with Crippen molar-refractivity contribution >= 4 is 5.65 Å². The van der Waals surface area contributed by atoms with Gasteiger partial charge in [0.05, 0.1) is 5.56 Å². The second-order valence-electron chi connectivity index (χ2n) is 6.16. The minimum absolute atomic E-state index is 0.107. The lowest BCUT2D eigenvalue weighted by Gasteiger charge is -2.04. The van der Waals surface area contributed by atoms with Crippen LogP contribution < -0.4 is 5.56 Å². The van der Waals surface area contributed by atoms with E-state index in [4.69, 9.17) is 4.42 Å². The monoisotopic (exact) mass is 355 g/mol. The van der Waals surface area contributed by atoms with Gasteiger partial charge in [0.2, 0.25) is 0 Å². The lowest BCUT2D eigenvalue weighted by molar-refractivity contribution is 0.548. The quantitative estimate of drug-likeness (QED) is 0.593. The molecule has 130 valence electrons. The first kappa shape index (κ1) is 16.4. The van der Waals surface area contributed by atoms with Gasteiger partial charge in [-0.25, -0.2) is 4.98 Å². The maximum Gasteiger partial charge on any atom is 0.289 e. The molecular weight excluding hydrogens is 342 g/mol. The maximum absolute atomic E-state index is 12.8. The molecule has 3 aromatic heterocycles. The van der Waals surface area contributed by atoms with Gasteiger partial charge < -0.3 is 4.42 Å². The molecule has 0 amide bonds. The minimum atomic E-state index is -0.582. The summed E-state index contributed by atoms with van der Waals surface area (Å²) in [6.07, 6.45) is 0. The highest BCUT2D eigenvalue weighted by atomic mass is 16.3. The molecule has 0 bridgehead atoms. The summed E-state index contributed by atoms with van der Waals surface area (Å²) in [4.78, 5) is 17.3. The van der Waals surface area contributed by atoms with Gasteiger partial charge in [-0.15, -0.1) is 0 Å². The topological polar surface area (TPSA) is 111 Å². The van der Waals surface area contributed by atoms with Gasteiger partial charge in [0.1, 0.15) is 34.8 Å². The van der Waals surface area contributed by atoms with Crippen LogP contribution in [0.5, 0.6) is 0 Å². The largest absolute Gasteiger partial charge is 0.461 e. The van der Waals surface area contributed by atoms with E-state index in [1.807, 2.05) is 37.3 Å². The molecule has 27 heavy (non-hydrogen) atoms. The van der Waals surface area contributed by atoms with Gasteiger partial charge in [0.15, 0.2) is 11.5 Å². The molecule has 0 radical (unpaired) electrons. The number of rotatable bonds is 2. The number of furan rings is 1. The van der Waals surface area contributed by atoms with Gasteiger partial charge >= 0.3 is 0 Å².